The molecule has 0 aliphatic rings. The van der Waals surface area contributed by atoms with Gasteiger partial charge in [0.1, 0.15) is 6.61 Å². The third kappa shape index (κ3) is 13.3. The van der Waals surface area contributed by atoms with Crippen molar-refractivity contribution in [1.29, 1.82) is 0 Å². The molecule has 1 aromatic rings. The Morgan fingerprint density at radius 3 is 1.75 bits per heavy atom. The molecule has 1 N–H and O–H groups in total. The highest BCUT2D eigenvalue weighted by Gasteiger charge is 2.02. The van der Waals surface area contributed by atoms with Crippen LogP contribution in [0.3, 0.4) is 0 Å². The summed E-state index contributed by atoms with van der Waals surface area (Å²) in [6.45, 7) is 6.78. The summed E-state index contributed by atoms with van der Waals surface area (Å²) in [5.74, 6) is 2.30. The number of hydrogen-bond acceptors (Lipinski definition) is 6. The second-order valence-electron chi connectivity index (χ2n) is 5.77. The van der Waals surface area contributed by atoms with E-state index in [0.29, 0.717) is 58.5 Å². The molecule has 0 saturated carbocycles. The molecule has 0 spiro atoms. The van der Waals surface area contributed by atoms with Gasteiger partial charge in [-0.05, 0) is 30.7 Å². The average Bonchev–Trinajstić information content (AvgIpc) is 2.71. The Labute approximate surface area is 167 Å². The van der Waals surface area contributed by atoms with Gasteiger partial charge in [-0.3, -0.25) is 4.79 Å². The molecule has 0 aliphatic carbocycles. The molecule has 1 amide bonds. The zero-order valence-electron chi connectivity index (χ0n) is 16.6. The van der Waals surface area contributed by atoms with E-state index in [2.05, 4.69) is 18.2 Å². The van der Waals surface area contributed by atoms with Crippen LogP contribution in [-0.2, 0) is 28.5 Å². The third-order valence-corrected chi connectivity index (χ3v) is 3.40. The first-order chi connectivity index (χ1) is 13.8. The molecule has 156 valence electrons. The van der Waals surface area contributed by atoms with E-state index in [-0.39, 0.29) is 12.5 Å². The maximum Gasteiger partial charge on any atom is 0.250 e. The SMILES string of the molecule is C#Cc1ccc(NC(=O)COCCOCCOCCOCCOCCC)cc1. The number of amides is 1. The minimum absolute atomic E-state index is 0.0317. The minimum atomic E-state index is -0.225. The number of anilines is 1. The van der Waals surface area contributed by atoms with Crippen LogP contribution in [0.4, 0.5) is 5.69 Å². The Morgan fingerprint density at radius 1 is 0.821 bits per heavy atom. The van der Waals surface area contributed by atoms with Crippen LogP contribution in [0.25, 0.3) is 0 Å². The molecule has 28 heavy (non-hydrogen) atoms. The van der Waals surface area contributed by atoms with Crippen molar-refractivity contribution in [3.63, 3.8) is 0 Å². The van der Waals surface area contributed by atoms with Crippen molar-refractivity contribution in [2.75, 3.05) is 71.4 Å². The predicted octanol–water partition coefficient (Wildman–Crippen LogP) is 2.10. The van der Waals surface area contributed by atoms with Crippen LogP contribution in [-0.4, -0.2) is 72.0 Å². The van der Waals surface area contributed by atoms with Crippen LogP contribution in [0.15, 0.2) is 24.3 Å². The summed E-state index contributed by atoms with van der Waals surface area (Å²) in [4.78, 5) is 11.7. The highest BCUT2D eigenvalue weighted by Crippen LogP contribution is 2.08. The quantitative estimate of drug-likeness (QED) is 0.323. The Balaban J connectivity index is 1.84. The van der Waals surface area contributed by atoms with Crippen molar-refractivity contribution in [1.82, 2.24) is 0 Å². The summed E-state index contributed by atoms with van der Waals surface area (Å²) in [7, 11) is 0. The number of ether oxygens (including phenoxy) is 5. The van der Waals surface area contributed by atoms with Crippen molar-refractivity contribution < 1.29 is 28.5 Å². The van der Waals surface area contributed by atoms with Crippen LogP contribution >= 0.6 is 0 Å². The molecular weight excluding hydrogens is 362 g/mol. The van der Waals surface area contributed by atoms with Crippen LogP contribution in [0, 0.1) is 12.3 Å². The van der Waals surface area contributed by atoms with Gasteiger partial charge in [-0.2, -0.15) is 0 Å². The smallest absolute Gasteiger partial charge is 0.250 e. The van der Waals surface area contributed by atoms with Crippen LogP contribution in [0.5, 0.6) is 0 Å². The summed E-state index contributed by atoms with van der Waals surface area (Å²) in [6.07, 6.45) is 6.30. The second-order valence-corrected chi connectivity index (χ2v) is 5.77. The molecule has 0 saturated heterocycles. The number of hydrogen-bond donors (Lipinski definition) is 1. The predicted molar refractivity (Wildman–Crippen MR) is 107 cm³/mol. The molecular formula is C21H31NO6. The molecule has 0 fully saturated rings. The van der Waals surface area contributed by atoms with Gasteiger partial charge >= 0.3 is 0 Å². The molecule has 1 aromatic carbocycles. The number of terminal acetylenes is 1. The molecule has 0 radical (unpaired) electrons. The van der Waals surface area contributed by atoms with Gasteiger partial charge in [-0.25, -0.2) is 0 Å². The van der Waals surface area contributed by atoms with Crippen molar-refractivity contribution in [3.05, 3.63) is 29.8 Å². The summed E-state index contributed by atoms with van der Waals surface area (Å²) >= 11 is 0. The largest absolute Gasteiger partial charge is 0.379 e. The highest BCUT2D eigenvalue weighted by atomic mass is 16.6. The monoisotopic (exact) mass is 393 g/mol. The first kappa shape index (κ1) is 24.1. The minimum Gasteiger partial charge on any atom is -0.379 e. The number of rotatable bonds is 17. The fourth-order valence-electron chi connectivity index (χ4n) is 2.04. The van der Waals surface area contributed by atoms with Gasteiger partial charge in [0.2, 0.25) is 5.91 Å². The highest BCUT2D eigenvalue weighted by molar-refractivity contribution is 5.91. The lowest BCUT2D eigenvalue weighted by molar-refractivity contribution is -0.121. The lowest BCUT2D eigenvalue weighted by atomic mass is 10.2. The molecule has 7 nitrogen and oxygen atoms in total. The first-order valence-electron chi connectivity index (χ1n) is 9.51. The summed E-state index contributed by atoms with van der Waals surface area (Å²) in [5.41, 5.74) is 1.44. The van der Waals surface area contributed by atoms with Crippen molar-refractivity contribution in [2.45, 2.75) is 13.3 Å². The van der Waals surface area contributed by atoms with Gasteiger partial charge in [0.05, 0.1) is 52.9 Å². The van der Waals surface area contributed by atoms with Gasteiger partial charge in [-0.1, -0.05) is 12.8 Å². The van der Waals surface area contributed by atoms with Crippen LogP contribution in [0.1, 0.15) is 18.9 Å². The molecule has 0 bridgehead atoms. The molecule has 0 aromatic heterocycles. The molecule has 0 atom stereocenters. The lowest BCUT2D eigenvalue weighted by Gasteiger charge is -2.08. The van der Waals surface area contributed by atoms with Crippen molar-refractivity contribution in [2.24, 2.45) is 0 Å². The lowest BCUT2D eigenvalue weighted by Crippen LogP contribution is -2.20. The fraction of sp³-hybridized carbons (Fsp3) is 0.571. The van der Waals surface area contributed by atoms with Gasteiger partial charge in [0.15, 0.2) is 0 Å². The van der Waals surface area contributed by atoms with E-state index in [1.807, 2.05) is 0 Å². The van der Waals surface area contributed by atoms with E-state index in [4.69, 9.17) is 30.1 Å². The first-order valence-corrected chi connectivity index (χ1v) is 9.51. The van der Waals surface area contributed by atoms with Gasteiger partial charge in [0.25, 0.3) is 0 Å². The van der Waals surface area contributed by atoms with E-state index in [1.54, 1.807) is 24.3 Å². The molecule has 0 aliphatic heterocycles. The van der Waals surface area contributed by atoms with E-state index in [1.165, 1.54) is 0 Å². The third-order valence-electron chi connectivity index (χ3n) is 3.40. The molecule has 0 heterocycles. The summed E-state index contributed by atoms with van der Waals surface area (Å²) < 4.78 is 26.7. The Bertz CT molecular complexity index is 555. The van der Waals surface area contributed by atoms with E-state index in [0.717, 1.165) is 18.6 Å². The van der Waals surface area contributed by atoms with Crippen LogP contribution < -0.4 is 5.32 Å². The van der Waals surface area contributed by atoms with Gasteiger partial charge in [0, 0.05) is 17.9 Å². The number of carbonyl (C=O) groups is 1. The zero-order valence-corrected chi connectivity index (χ0v) is 16.6. The number of benzene rings is 1. The summed E-state index contributed by atoms with van der Waals surface area (Å²) in [5, 5.41) is 2.73. The van der Waals surface area contributed by atoms with Crippen LogP contribution in [0.2, 0.25) is 0 Å². The van der Waals surface area contributed by atoms with E-state index >= 15 is 0 Å². The summed E-state index contributed by atoms with van der Waals surface area (Å²) in [6, 6.07) is 7.03. The topological polar surface area (TPSA) is 75.3 Å². The average molecular weight is 393 g/mol. The van der Waals surface area contributed by atoms with Crippen molar-refractivity contribution >= 4 is 11.6 Å². The molecule has 1 rings (SSSR count). The molecule has 0 unspecified atom stereocenters. The maximum atomic E-state index is 11.7. The fourth-order valence-corrected chi connectivity index (χ4v) is 2.04. The zero-order chi connectivity index (χ0) is 20.3. The Morgan fingerprint density at radius 2 is 1.29 bits per heavy atom. The Kier molecular flexibility index (Phi) is 14.8. The van der Waals surface area contributed by atoms with Gasteiger partial charge < -0.3 is 29.0 Å². The Hall–Kier alpha value is -1.95. The normalized spacial score (nSPS) is 10.6. The molecule has 7 heteroatoms. The standard InChI is InChI=1S/C21H31NO6/c1-3-9-24-10-11-25-12-13-26-14-15-27-16-17-28-18-21(23)22-20-7-5-19(4-2)6-8-20/h2,5-8H,3,9-18H2,1H3,(H,22,23). The van der Waals surface area contributed by atoms with E-state index in [9.17, 15) is 4.79 Å². The van der Waals surface area contributed by atoms with Crippen molar-refractivity contribution in [3.8, 4) is 12.3 Å². The number of carbonyl (C=O) groups excluding carboxylic acids is 1. The maximum absolute atomic E-state index is 11.7. The van der Waals surface area contributed by atoms with E-state index < -0.39 is 0 Å². The number of nitrogens with one attached hydrogen (secondary N) is 1. The van der Waals surface area contributed by atoms with Gasteiger partial charge in [-0.15, -0.1) is 6.42 Å². The second kappa shape index (κ2) is 17.2.